The Morgan fingerprint density at radius 1 is 1.19 bits per heavy atom. The van der Waals surface area contributed by atoms with Crippen LogP contribution in [0.15, 0.2) is 4.52 Å². The summed E-state index contributed by atoms with van der Waals surface area (Å²) >= 11 is 0. The molecule has 3 atom stereocenters. The van der Waals surface area contributed by atoms with E-state index in [0.717, 1.165) is 51.1 Å². The summed E-state index contributed by atoms with van der Waals surface area (Å²) in [7, 11) is 0. The number of rotatable bonds is 4. The molecule has 1 aromatic heterocycles. The molecule has 7 nitrogen and oxygen atoms in total. The fraction of sp³-hybridized carbons (Fsp3) is 0.833. The van der Waals surface area contributed by atoms with Gasteiger partial charge in [-0.2, -0.15) is 4.98 Å². The number of ether oxygens (including phenoxy) is 1. The molecule has 146 valence electrons. The lowest BCUT2D eigenvalue weighted by Gasteiger charge is -2.39. The third kappa shape index (κ3) is 4.56. The van der Waals surface area contributed by atoms with Crippen LogP contribution in [0.5, 0.6) is 0 Å². The van der Waals surface area contributed by atoms with Gasteiger partial charge in [0.2, 0.25) is 11.8 Å². The average molecular weight is 385 g/mol. The molecular weight excluding hydrogens is 356 g/mol. The van der Waals surface area contributed by atoms with Crippen molar-refractivity contribution >= 4 is 18.3 Å². The second kappa shape index (κ2) is 9.15. The molecule has 3 fully saturated rings. The van der Waals surface area contributed by atoms with Gasteiger partial charge < -0.3 is 19.9 Å². The fourth-order valence-electron chi connectivity index (χ4n) is 4.42. The van der Waals surface area contributed by atoms with Crippen molar-refractivity contribution in [3.8, 4) is 0 Å². The Morgan fingerprint density at radius 2 is 2.04 bits per heavy atom. The van der Waals surface area contributed by atoms with E-state index >= 15 is 0 Å². The minimum atomic E-state index is 0. The van der Waals surface area contributed by atoms with E-state index in [4.69, 9.17) is 9.26 Å². The van der Waals surface area contributed by atoms with Gasteiger partial charge in [-0.3, -0.25) is 4.79 Å². The average Bonchev–Trinajstić information content (AvgIpc) is 3.15. The molecular formula is C18H29ClN4O3. The lowest BCUT2D eigenvalue weighted by atomic mass is 9.82. The van der Waals surface area contributed by atoms with Crippen molar-refractivity contribution in [3.63, 3.8) is 0 Å². The molecule has 26 heavy (non-hydrogen) atoms. The van der Waals surface area contributed by atoms with Gasteiger partial charge in [0.1, 0.15) is 0 Å². The summed E-state index contributed by atoms with van der Waals surface area (Å²) in [6.07, 6.45) is 9.02. The Morgan fingerprint density at radius 3 is 2.88 bits per heavy atom. The SMILES string of the molecule is Cl.O=C(NCc1nc(C2CCCCC2)no1)[C@H]1CC[C@H]2OCCN[C@@H]2C1. The van der Waals surface area contributed by atoms with E-state index < -0.39 is 0 Å². The highest BCUT2D eigenvalue weighted by molar-refractivity contribution is 5.85. The Labute approximate surface area is 160 Å². The number of halogens is 1. The highest BCUT2D eigenvalue weighted by atomic mass is 35.5. The van der Waals surface area contributed by atoms with Crippen LogP contribution in [0.4, 0.5) is 0 Å². The number of morpholine rings is 1. The highest BCUT2D eigenvalue weighted by Gasteiger charge is 2.35. The smallest absolute Gasteiger partial charge is 0.246 e. The Bertz CT molecular complexity index is 591. The number of nitrogens with zero attached hydrogens (tertiary/aromatic N) is 2. The standard InChI is InChI=1S/C18H28N4O3.ClH/c23-18(13-6-7-15-14(10-13)19-8-9-24-15)20-11-16-21-17(22-25-16)12-4-2-1-3-5-12;/h12-15,19H,1-11H2,(H,20,23);1H/t13-,14+,15+;/m0./s1. The van der Waals surface area contributed by atoms with Crippen LogP contribution >= 0.6 is 12.4 Å². The normalized spacial score (nSPS) is 29.5. The molecule has 2 aliphatic carbocycles. The van der Waals surface area contributed by atoms with Gasteiger partial charge in [-0.1, -0.05) is 24.4 Å². The van der Waals surface area contributed by atoms with Crippen molar-refractivity contribution in [2.24, 2.45) is 5.92 Å². The van der Waals surface area contributed by atoms with Crippen molar-refractivity contribution in [3.05, 3.63) is 11.7 Å². The third-order valence-corrected chi connectivity index (χ3v) is 5.87. The van der Waals surface area contributed by atoms with Crippen molar-refractivity contribution in [1.82, 2.24) is 20.8 Å². The first-order valence-electron chi connectivity index (χ1n) is 9.75. The monoisotopic (exact) mass is 384 g/mol. The first-order chi connectivity index (χ1) is 12.3. The number of fused-ring (bicyclic) bond motifs is 1. The first-order valence-corrected chi connectivity index (χ1v) is 9.75. The van der Waals surface area contributed by atoms with Gasteiger partial charge in [0.05, 0.1) is 19.3 Å². The van der Waals surface area contributed by atoms with Gasteiger partial charge in [0.25, 0.3) is 0 Å². The van der Waals surface area contributed by atoms with Gasteiger partial charge in [-0.05, 0) is 32.1 Å². The second-order valence-corrected chi connectivity index (χ2v) is 7.58. The first kappa shape index (κ1) is 19.6. The van der Waals surface area contributed by atoms with E-state index in [2.05, 4.69) is 20.8 Å². The molecule has 2 saturated carbocycles. The van der Waals surface area contributed by atoms with Crippen LogP contribution < -0.4 is 10.6 Å². The van der Waals surface area contributed by atoms with Gasteiger partial charge in [-0.15, -0.1) is 12.4 Å². The molecule has 3 aliphatic rings. The summed E-state index contributed by atoms with van der Waals surface area (Å²) < 4.78 is 11.1. The summed E-state index contributed by atoms with van der Waals surface area (Å²) in [6, 6.07) is 0.305. The van der Waals surface area contributed by atoms with Crippen LogP contribution in [0.2, 0.25) is 0 Å². The molecule has 0 radical (unpaired) electrons. The van der Waals surface area contributed by atoms with Crippen LogP contribution in [-0.2, 0) is 16.1 Å². The number of carbonyl (C=O) groups excluding carboxylic acids is 1. The van der Waals surface area contributed by atoms with Gasteiger partial charge in [-0.25, -0.2) is 0 Å². The number of hydrogen-bond acceptors (Lipinski definition) is 6. The van der Waals surface area contributed by atoms with E-state index in [1.54, 1.807) is 0 Å². The van der Waals surface area contributed by atoms with Crippen LogP contribution in [0, 0.1) is 5.92 Å². The molecule has 0 spiro atoms. The van der Waals surface area contributed by atoms with Crippen molar-refractivity contribution < 1.29 is 14.1 Å². The van der Waals surface area contributed by atoms with Crippen molar-refractivity contribution in [2.45, 2.75) is 76.0 Å². The molecule has 0 aromatic carbocycles. The lowest BCUT2D eigenvalue weighted by Crippen LogP contribution is -2.53. The number of aromatic nitrogens is 2. The predicted molar refractivity (Wildman–Crippen MR) is 98.1 cm³/mol. The highest BCUT2D eigenvalue weighted by Crippen LogP contribution is 2.31. The largest absolute Gasteiger partial charge is 0.375 e. The maximum atomic E-state index is 12.5. The molecule has 1 amide bonds. The molecule has 1 saturated heterocycles. The summed E-state index contributed by atoms with van der Waals surface area (Å²) in [5.74, 6) is 1.88. The lowest BCUT2D eigenvalue weighted by molar-refractivity contribution is -0.128. The minimum Gasteiger partial charge on any atom is -0.375 e. The van der Waals surface area contributed by atoms with Crippen LogP contribution in [-0.4, -0.2) is 41.3 Å². The molecule has 1 aromatic rings. The zero-order valence-corrected chi connectivity index (χ0v) is 15.9. The van der Waals surface area contributed by atoms with E-state index in [-0.39, 0.29) is 30.3 Å². The maximum Gasteiger partial charge on any atom is 0.246 e. The Hall–Kier alpha value is -1.18. The zero-order valence-electron chi connectivity index (χ0n) is 15.1. The van der Waals surface area contributed by atoms with E-state index in [9.17, 15) is 4.79 Å². The van der Waals surface area contributed by atoms with Gasteiger partial charge in [0.15, 0.2) is 5.82 Å². The minimum absolute atomic E-state index is 0. The fourth-order valence-corrected chi connectivity index (χ4v) is 4.42. The number of hydrogen-bond donors (Lipinski definition) is 2. The van der Waals surface area contributed by atoms with Crippen LogP contribution in [0.1, 0.15) is 69.0 Å². The zero-order chi connectivity index (χ0) is 17.1. The number of amides is 1. The van der Waals surface area contributed by atoms with E-state index in [1.807, 2.05) is 0 Å². The van der Waals surface area contributed by atoms with Crippen molar-refractivity contribution in [1.29, 1.82) is 0 Å². The summed E-state index contributed by atoms with van der Waals surface area (Å²) in [6.45, 7) is 1.98. The van der Waals surface area contributed by atoms with E-state index in [1.165, 1.54) is 19.3 Å². The Kier molecular flexibility index (Phi) is 6.89. The molecule has 0 bridgehead atoms. The summed E-state index contributed by atoms with van der Waals surface area (Å²) in [5.41, 5.74) is 0. The maximum absolute atomic E-state index is 12.5. The molecule has 1 aliphatic heterocycles. The molecule has 2 heterocycles. The summed E-state index contributed by atoms with van der Waals surface area (Å²) in [4.78, 5) is 17.0. The quantitative estimate of drug-likeness (QED) is 0.828. The van der Waals surface area contributed by atoms with Crippen LogP contribution in [0.3, 0.4) is 0 Å². The van der Waals surface area contributed by atoms with Gasteiger partial charge >= 0.3 is 0 Å². The number of nitrogens with one attached hydrogen (secondary N) is 2. The van der Waals surface area contributed by atoms with Crippen LogP contribution in [0.25, 0.3) is 0 Å². The second-order valence-electron chi connectivity index (χ2n) is 7.58. The molecule has 4 rings (SSSR count). The molecule has 8 heteroatoms. The molecule has 2 N–H and O–H groups in total. The topological polar surface area (TPSA) is 89.3 Å². The van der Waals surface area contributed by atoms with Gasteiger partial charge in [0, 0.05) is 24.4 Å². The summed E-state index contributed by atoms with van der Waals surface area (Å²) in [5, 5.41) is 10.6. The third-order valence-electron chi connectivity index (χ3n) is 5.87. The Balaban J connectivity index is 0.00000196. The predicted octanol–water partition coefficient (Wildman–Crippen LogP) is 2.31. The van der Waals surface area contributed by atoms with E-state index in [0.29, 0.717) is 24.4 Å². The number of carbonyl (C=O) groups is 1. The molecule has 0 unspecified atom stereocenters. The van der Waals surface area contributed by atoms with Crippen molar-refractivity contribution in [2.75, 3.05) is 13.2 Å².